The zero-order chi connectivity index (χ0) is 17.0. The smallest absolute Gasteiger partial charge is 0.242 e. The summed E-state index contributed by atoms with van der Waals surface area (Å²) < 4.78 is 12.3. The molecule has 0 N–H and O–H groups in total. The Balaban J connectivity index is 3.09. The van der Waals surface area contributed by atoms with Crippen LogP contribution in [0.15, 0.2) is 58.2 Å². The molecule has 0 radical (unpaired) electrons. The van der Waals surface area contributed by atoms with E-state index in [0.29, 0.717) is 0 Å². The van der Waals surface area contributed by atoms with Gasteiger partial charge in [-0.05, 0) is 58.3 Å². The minimum atomic E-state index is -1.70. The lowest BCUT2D eigenvalue weighted by molar-refractivity contribution is 0.403. The van der Waals surface area contributed by atoms with Crippen molar-refractivity contribution < 1.29 is 8.85 Å². The van der Waals surface area contributed by atoms with Crippen LogP contribution in [0.5, 0.6) is 0 Å². The van der Waals surface area contributed by atoms with Crippen LogP contribution in [0.4, 0.5) is 0 Å². The average molecular weight is 353 g/mol. The average Bonchev–Trinajstić information content (AvgIpc) is 2.32. The van der Waals surface area contributed by atoms with Crippen LogP contribution in [0.3, 0.4) is 0 Å². The van der Waals surface area contributed by atoms with Crippen molar-refractivity contribution in [2.24, 2.45) is 0 Å². The molecule has 1 aromatic carbocycles. The van der Waals surface area contributed by atoms with Crippen LogP contribution in [0, 0.1) is 0 Å². The third-order valence-electron chi connectivity index (χ3n) is 2.42. The molecule has 0 spiro atoms. The lowest BCUT2D eigenvalue weighted by Gasteiger charge is -2.26. The van der Waals surface area contributed by atoms with Crippen molar-refractivity contribution in [2.45, 2.75) is 51.1 Å². The summed E-state index contributed by atoms with van der Waals surface area (Å²) in [6.07, 6.45) is 0. The molecule has 0 aliphatic rings. The van der Waals surface area contributed by atoms with Crippen LogP contribution in [0.1, 0.15) is 6.92 Å². The highest BCUT2D eigenvalue weighted by atomic mass is 32.2. The van der Waals surface area contributed by atoms with E-state index in [9.17, 15) is 0 Å². The summed E-state index contributed by atoms with van der Waals surface area (Å²) in [4.78, 5) is 2.16. The van der Waals surface area contributed by atoms with E-state index in [4.69, 9.17) is 8.85 Å². The summed E-state index contributed by atoms with van der Waals surface area (Å²) in [5.41, 5.74) is 0. The largest absolute Gasteiger partial charge is 0.546 e. The van der Waals surface area contributed by atoms with Gasteiger partial charge in [-0.25, -0.2) is 0 Å². The maximum Gasteiger partial charge on any atom is 0.242 e. The lowest BCUT2D eigenvalue weighted by Crippen LogP contribution is -2.27. The first kappa shape index (κ1) is 19.1. The molecule has 0 unspecified atom stereocenters. The molecule has 0 heterocycles. The second-order valence-electron chi connectivity index (χ2n) is 7.15. The van der Waals surface area contributed by atoms with E-state index in [0.717, 1.165) is 21.3 Å². The molecule has 2 nitrogen and oxygen atoms in total. The normalized spacial score (nSPS) is 13.4. The van der Waals surface area contributed by atoms with E-state index in [1.54, 1.807) is 11.8 Å². The molecule has 0 fully saturated rings. The van der Waals surface area contributed by atoms with Crippen LogP contribution < -0.4 is 0 Å². The predicted octanol–water partition coefficient (Wildman–Crippen LogP) is 6.23. The summed E-state index contributed by atoms with van der Waals surface area (Å²) in [5.74, 6) is 1.64. The summed E-state index contributed by atoms with van der Waals surface area (Å²) in [6, 6.07) is 10.3. The Kier molecular flexibility index (Phi) is 6.58. The van der Waals surface area contributed by atoms with Gasteiger partial charge in [-0.2, -0.15) is 0 Å². The van der Waals surface area contributed by atoms with E-state index >= 15 is 0 Å². The molecular weight excluding hydrogens is 324 g/mol. The second kappa shape index (κ2) is 7.57. The predicted molar refractivity (Wildman–Crippen MR) is 103 cm³/mol. The van der Waals surface area contributed by atoms with Gasteiger partial charge >= 0.3 is 0 Å². The molecule has 0 atom stereocenters. The lowest BCUT2D eigenvalue weighted by atomic mass is 10.4. The van der Waals surface area contributed by atoms with Crippen LogP contribution in [0.2, 0.25) is 39.3 Å². The molecule has 0 aromatic heterocycles. The number of hydrogen-bond donors (Lipinski definition) is 0. The fourth-order valence-electron chi connectivity index (χ4n) is 1.85. The Hall–Kier alpha value is -0.916. The highest BCUT2D eigenvalue weighted by Gasteiger charge is 2.23. The molecule has 1 aromatic rings. The Morgan fingerprint density at radius 2 is 1.41 bits per heavy atom. The van der Waals surface area contributed by atoms with Gasteiger partial charge < -0.3 is 8.85 Å². The van der Waals surface area contributed by atoms with Gasteiger partial charge in [-0.3, -0.25) is 0 Å². The first-order valence-electron chi connectivity index (χ1n) is 7.49. The van der Waals surface area contributed by atoms with E-state index in [2.05, 4.69) is 58.0 Å². The highest BCUT2D eigenvalue weighted by molar-refractivity contribution is 8.03. The minimum Gasteiger partial charge on any atom is -0.546 e. The topological polar surface area (TPSA) is 18.5 Å². The van der Waals surface area contributed by atoms with Gasteiger partial charge in [-0.1, -0.05) is 36.5 Å². The fraction of sp³-hybridized carbons (Fsp3) is 0.412. The van der Waals surface area contributed by atoms with Gasteiger partial charge in [0.1, 0.15) is 5.76 Å². The summed E-state index contributed by atoms with van der Waals surface area (Å²) in [6.45, 7) is 19.2. The van der Waals surface area contributed by atoms with Crippen molar-refractivity contribution in [3.05, 3.63) is 53.3 Å². The van der Waals surface area contributed by atoms with Gasteiger partial charge in [0, 0.05) is 4.90 Å². The zero-order valence-corrected chi connectivity index (χ0v) is 17.6. The van der Waals surface area contributed by atoms with Crippen molar-refractivity contribution in [2.75, 3.05) is 0 Å². The Morgan fingerprint density at radius 3 is 1.86 bits per heavy atom. The number of thioether (sulfide) groups is 1. The van der Waals surface area contributed by atoms with Crippen LogP contribution in [0.25, 0.3) is 0 Å². The maximum atomic E-state index is 6.18. The van der Waals surface area contributed by atoms with Crippen molar-refractivity contribution >= 4 is 28.4 Å². The van der Waals surface area contributed by atoms with Crippen molar-refractivity contribution in [3.63, 3.8) is 0 Å². The summed E-state index contributed by atoms with van der Waals surface area (Å²) in [5, 5.41) is 0. The Bertz CT molecular complexity index is 540. The molecule has 1 rings (SSSR count). The molecule has 0 bridgehead atoms. The highest BCUT2D eigenvalue weighted by Crippen LogP contribution is 2.36. The molecule has 122 valence electrons. The third kappa shape index (κ3) is 7.38. The number of benzene rings is 1. The second-order valence-corrected chi connectivity index (χ2v) is 17.1. The van der Waals surface area contributed by atoms with Crippen LogP contribution in [-0.4, -0.2) is 16.6 Å². The molecule has 0 saturated heterocycles. The quantitative estimate of drug-likeness (QED) is 0.251. The van der Waals surface area contributed by atoms with Crippen molar-refractivity contribution in [1.82, 2.24) is 0 Å². The fourth-order valence-corrected chi connectivity index (χ4v) is 4.73. The van der Waals surface area contributed by atoms with E-state index in [1.165, 1.54) is 0 Å². The van der Waals surface area contributed by atoms with Gasteiger partial charge in [0.25, 0.3) is 0 Å². The van der Waals surface area contributed by atoms with Gasteiger partial charge in [0.15, 0.2) is 0 Å². The molecule has 0 aliphatic carbocycles. The monoisotopic (exact) mass is 352 g/mol. The first-order valence-corrected chi connectivity index (χ1v) is 15.1. The van der Waals surface area contributed by atoms with Crippen molar-refractivity contribution in [3.8, 4) is 0 Å². The van der Waals surface area contributed by atoms with Crippen LogP contribution in [-0.2, 0) is 8.85 Å². The SMILES string of the molecule is C=C(O[Si](C)(C)C)/C(Sc1ccccc1)=C(/C)O[Si](C)(C)C. The number of allylic oxidation sites excluding steroid dienone is 1. The standard InChI is InChI=1S/C17H28O2SSi2/c1-14(18-21(3,4)5)17(15(2)19-22(6,7)8)20-16-12-10-9-11-13-16/h9-13H,1H2,2-8H3/b17-15+. The minimum absolute atomic E-state index is 0.726. The zero-order valence-electron chi connectivity index (χ0n) is 14.8. The molecule has 0 aliphatic heterocycles. The number of hydrogen-bond acceptors (Lipinski definition) is 3. The molecule has 22 heavy (non-hydrogen) atoms. The number of rotatable bonds is 7. The van der Waals surface area contributed by atoms with E-state index in [-0.39, 0.29) is 0 Å². The molecular formula is C17H28O2SSi2. The van der Waals surface area contributed by atoms with E-state index < -0.39 is 16.6 Å². The maximum absolute atomic E-state index is 6.18. The third-order valence-corrected chi connectivity index (χ3v) is 5.43. The van der Waals surface area contributed by atoms with Gasteiger partial charge in [0.05, 0.1) is 10.7 Å². The molecule has 5 heteroatoms. The van der Waals surface area contributed by atoms with Gasteiger partial charge in [-0.15, -0.1) is 0 Å². The van der Waals surface area contributed by atoms with Crippen LogP contribution >= 0.6 is 11.8 Å². The van der Waals surface area contributed by atoms with E-state index in [1.807, 2.05) is 25.1 Å². The van der Waals surface area contributed by atoms with Gasteiger partial charge in [0.2, 0.25) is 16.6 Å². The Labute approximate surface area is 141 Å². The molecule has 0 amide bonds. The summed E-state index contributed by atoms with van der Waals surface area (Å²) in [7, 11) is -3.36. The first-order chi connectivity index (χ1) is 9.98. The Morgan fingerprint density at radius 1 is 0.909 bits per heavy atom. The summed E-state index contributed by atoms with van der Waals surface area (Å²) >= 11 is 1.66. The molecule has 0 saturated carbocycles. The van der Waals surface area contributed by atoms with Crippen molar-refractivity contribution in [1.29, 1.82) is 0 Å².